The molecule has 0 bridgehead atoms. The molecule has 1 atom stereocenters. The average Bonchev–Trinajstić information content (AvgIpc) is 3.02. The second-order valence-electron chi connectivity index (χ2n) is 4.04. The van der Waals surface area contributed by atoms with E-state index < -0.39 is 6.10 Å². The lowest BCUT2D eigenvalue weighted by Crippen LogP contribution is -2.06. The Bertz CT molecular complexity index is 307. The molecule has 2 rings (SSSR count). The summed E-state index contributed by atoms with van der Waals surface area (Å²) in [7, 11) is 0. The first-order valence-corrected chi connectivity index (χ1v) is 5.29. The fraction of sp³-hybridized carbons (Fsp3) is 0.500. The lowest BCUT2D eigenvalue weighted by Gasteiger charge is -2.10. The van der Waals surface area contributed by atoms with Crippen LogP contribution in [0.25, 0.3) is 0 Å². The maximum Gasteiger partial charge on any atom is 0.0802 e. The maximum atomic E-state index is 9.77. The molecule has 0 aromatic heterocycles. The molecule has 1 fully saturated rings. The third kappa shape index (κ3) is 2.14. The predicted octanol–water partition coefficient (Wildman–Crippen LogP) is 1.95. The molecular formula is C12H17NO. The molecule has 2 heteroatoms. The first-order chi connectivity index (χ1) is 6.81. The van der Waals surface area contributed by atoms with Crippen molar-refractivity contribution < 1.29 is 5.11 Å². The van der Waals surface area contributed by atoms with E-state index in [0.29, 0.717) is 13.0 Å². The summed E-state index contributed by atoms with van der Waals surface area (Å²) in [5, 5.41) is 9.77. The second kappa shape index (κ2) is 4.11. The van der Waals surface area contributed by atoms with E-state index in [-0.39, 0.29) is 0 Å². The Hall–Kier alpha value is -0.860. The molecular weight excluding hydrogens is 174 g/mol. The highest BCUT2D eigenvalue weighted by molar-refractivity contribution is 5.30. The summed E-state index contributed by atoms with van der Waals surface area (Å²) in [5.74, 6) is 0.750. The molecule has 2 nitrogen and oxygen atoms in total. The molecule has 1 aliphatic carbocycles. The Kier molecular flexibility index (Phi) is 2.85. The van der Waals surface area contributed by atoms with Gasteiger partial charge in [0, 0.05) is 0 Å². The van der Waals surface area contributed by atoms with Gasteiger partial charge in [0.05, 0.1) is 6.10 Å². The lowest BCUT2D eigenvalue weighted by molar-refractivity contribution is 0.170. The summed E-state index contributed by atoms with van der Waals surface area (Å²) in [4.78, 5) is 0. The molecule has 1 aromatic rings. The summed E-state index contributed by atoms with van der Waals surface area (Å²) in [6, 6.07) is 8.28. The van der Waals surface area contributed by atoms with Crippen molar-refractivity contribution in [3.8, 4) is 0 Å². The minimum absolute atomic E-state index is 0.390. The van der Waals surface area contributed by atoms with Gasteiger partial charge in [-0.2, -0.15) is 0 Å². The van der Waals surface area contributed by atoms with Crippen LogP contribution in [0.5, 0.6) is 0 Å². The van der Waals surface area contributed by atoms with Crippen molar-refractivity contribution in [3.63, 3.8) is 0 Å². The molecule has 76 valence electrons. The van der Waals surface area contributed by atoms with Gasteiger partial charge in [-0.05, 0) is 42.9 Å². The van der Waals surface area contributed by atoms with Crippen LogP contribution < -0.4 is 5.73 Å². The van der Waals surface area contributed by atoms with Crippen LogP contribution in [-0.4, -0.2) is 11.7 Å². The first kappa shape index (κ1) is 9.69. The van der Waals surface area contributed by atoms with Gasteiger partial charge in [0.15, 0.2) is 0 Å². The second-order valence-corrected chi connectivity index (χ2v) is 4.04. The van der Waals surface area contributed by atoms with Gasteiger partial charge in [-0.1, -0.05) is 24.3 Å². The van der Waals surface area contributed by atoms with Crippen molar-refractivity contribution in [3.05, 3.63) is 35.4 Å². The quantitative estimate of drug-likeness (QED) is 0.764. The predicted molar refractivity (Wildman–Crippen MR) is 57.0 cm³/mol. The molecule has 0 aliphatic heterocycles. The Morgan fingerprint density at radius 1 is 1.43 bits per heavy atom. The van der Waals surface area contributed by atoms with Gasteiger partial charge < -0.3 is 10.8 Å². The lowest BCUT2D eigenvalue weighted by atomic mass is 10.0. The normalized spacial score (nSPS) is 18.1. The Labute approximate surface area is 84.7 Å². The summed E-state index contributed by atoms with van der Waals surface area (Å²) < 4.78 is 0. The fourth-order valence-corrected chi connectivity index (χ4v) is 1.76. The SMILES string of the molecule is NCC[C@@H](O)c1cccc(C2CC2)c1. The summed E-state index contributed by atoms with van der Waals surface area (Å²) >= 11 is 0. The van der Waals surface area contributed by atoms with Crippen molar-refractivity contribution in [1.29, 1.82) is 0 Å². The fourth-order valence-electron chi connectivity index (χ4n) is 1.76. The maximum absolute atomic E-state index is 9.77. The number of benzene rings is 1. The smallest absolute Gasteiger partial charge is 0.0802 e. The molecule has 3 N–H and O–H groups in total. The Morgan fingerprint density at radius 3 is 2.86 bits per heavy atom. The molecule has 1 saturated carbocycles. The summed E-state index contributed by atoms with van der Waals surface area (Å²) in [6.07, 6.45) is 2.86. The van der Waals surface area contributed by atoms with E-state index in [1.165, 1.54) is 18.4 Å². The van der Waals surface area contributed by atoms with Gasteiger partial charge in [-0.3, -0.25) is 0 Å². The van der Waals surface area contributed by atoms with Gasteiger partial charge in [0.25, 0.3) is 0 Å². The van der Waals surface area contributed by atoms with Crippen molar-refractivity contribution in [1.82, 2.24) is 0 Å². The standard InChI is InChI=1S/C12H17NO/c13-7-6-12(14)11-3-1-2-10(8-11)9-4-5-9/h1-3,8-9,12,14H,4-7,13H2/t12-/m1/s1. The largest absolute Gasteiger partial charge is 0.388 e. The minimum atomic E-state index is -0.390. The van der Waals surface area contributed by atoms with Crippen LogP contribution in [-0.2, 0) is 0 Å². The topological polar surface area (TPSA) is 46.2 Å². The number of hydrogen-bond donors (Lipinski definition) is 2. The van der Waals surface area contributed by atoms with Crippen molar-refractivity contribution in [2.75, 3.05) is 6.54 Å². The highest BCUT2D eigenvalue weighted by Crippen LogP contribution is 2.40. The molecule has 0 radical (unpaired) electrons. The van der Waals surface area contributed by atoms with Crippen molar-refractivity contribution >= 4 is 0 Å². The number of aliphatic hydroxyl groups is 1. The van der Waals surface area contributed by atoms with Crippen LogP contribution in [0.4, 0.5) is 0 Å². The summed E-state index contributed by atoms with van der Waals surface area (Å²) in [6.45, 7) is 0.537. The number of aliphatic hydroxyl groups excluding tert-OH is 1. The van der Waals surface area contributed by atoms with Crippen LogP contribution in [0.3, 0.4) is 0 Å². The molecule has 0 saturated heterocycles. The van der Waals surface area contributed by atoms with Crippen LogP contribution in [0.2, 0.25) is 0 Å². The van der Waals surface area contributed by atoms with E-state index >= 15 is 0 Å². The first-order valence-electron chi connectivity index (χ1n) is 5.29. The van der Waals surface area contributed by atoms with E-state index in [9.17, 15) is 5.11 Å². The Balaban J connectivity index is 2.12. The van der Waals surface area contributed by atoms with Crippen molar-refractivity contribution in [2.24, 2.45) is 5.73 Å². The zero-order valence-electron chi connectivity index (χ0n) is 8.32. The highest BCUT2D eigenvalue weighted by Gasteiger charge is 2.23. The Morgan fingerprint density at radius 2 is 2.21 bits per heavy atom. The molecule has 1 aliphatic rings. The van der Waals surface area contributed by atoms with Gasteiger partial charge in [0.2, 0.25) is 0 Å². The average molecular weight is 191 g/mol. The molecule has 0 unspecified atom stereocenters. The third-order valence-corrected chi connectivity index (χ3v) is 2.78. The van der Waals surface area contributed by atoms with Gasteiger partial charge in [0.1, 0.15) is 0 Å². The molecule has 1 aromatic carbocycles. The van der Waals surface area contributed by atoms with Crippen LogP contribution in [0.1, 0.15) is 42.4 Å². The van der Waals surface area contributed by atoms with E-state index in [2.05, 4.69) is 12.1 Å². The molecule has 0 spiro atoms. The zero-order valence-corrected chi connectivity index (χ0v) is 8.32. The van der Waals surface area contributed by atoms with E-state index in [1.54, 1.807) is 0 Å². The van der Waals surface area contributed by atoms with E-state index in [0.717, 1.165) is 11.5 Å². The number of nitrogens with two attached hydrogens (primary N) is 1. The van der Waals surface area contributed by atoms with Crippen LogP contribution >= 0.6 is 0 Å². The highest BCUT2D eigenvalue weighted by atomic mass is 16.3. The van der Waals surface area contributed by atoms with Gasteiger partial charge >= 0.3 is 0 Å². The molecule has 0 amide bonds. The molecule has 0 heterocycles. The zero-order chi connectivity index (χ0) is 9.97. The van der Waals surface area contributed by atoms with E-state index in [1.807, 2.05) is 12.1 Å². The monoisotopic (exact) mass is 191 g/mol. The van der Waals surface area contributed by atoms with Crippen LogP contribution in [0, 0.1) is 0 Å². The molecule has 14 heavy (non-hydrogen) atoms. The number of rotatable bonds is 4. The van der Waals surface area contributed by atoms with Crippen molar-refractivity contribution in [2.45, 2.75) is 31.3 Å². The van der Waals surface area contributed by atoms with Crippen LogP contribution in [0.15, 0.2) is 24.3 Å². The van der Waals surface area contributed by atoms with E-state index in [4.69, 9.17) is 5.73 Å². The third-order valence-electron chi connectivity index (χ3n) is 2.78. The number of hydrogen-bond acceptors (Lipinski definition) is 2. The van der Waals surface area contributed by atoms with Gasteiger partial charge in [-0.15, -0.1) is 0 Å². The van der Waals surface area contributed by atoms with Gasteiger partial charge in [-0.25, -0.2) is 0 Å². The summed E-state index contributed by atoms with van der Waals surface area (Å²) in [5.41, 5.74) is 7.80. The minimum Gasteiger partial charge on any atom is -0.388 e.